The smallest absolute Gasteiger partial charge is 0.313 e. The highest BCUT2D eigenvalue weighted by Gasteiger charge is 2.17. The lowest BCUT2D eigenvalue weighted by Gasteiger charge is -2.12. The maximum Gasteiger partial charge on any atom is 0.313 e. The van der Waals surface area contributed by atoms with Crippen LogP contribution in [0.5, 0.6) is 0 Å². The first kappa shape index (κ1) is 15.8. The zero-order valence-corrected chi connectivity index (χ0v) is 12.8. The highest BCUT2D eigenvalue weighted by molar-refractivity contribution is 6.39. The average Bonchev–Trinajstić information content (AvgIpc) is 3.00. The average molecular weight is 300 g/mol. The molecule has 116 valence electrons. The molecule has 0 fully saturated rings. The summed E-state index contributed by atoms with van der Waals surface area (Å²) in [6.45, 7) is 3.88. The summed E-state index contributed by atoms with van der Waals surface area (Å²) in [5.41, 5.74) is 1.78. The van der Waals surface area contributed by atoms with Gasteiger partial charge in [0.1, 0.15) is 5.76 Å². The second-order valence-electron chi connectivity index (χ2n) is 5.16. The Hall–Kier alpha value is -2.56. The summed E-state index contributed by atoms with van der Waals surface area (Å²) in [6.07, 6.45) is 3.05. The third-order valence-electron chi connectivity index (χ3n) is 3.29. The highest BCUT2D eigenvalue weighted by atomic mass is 16.3. The molecule has 0 bridgehead atoms. The zero-order chi connectivity index (χ0) is 15.9. The van der Waals surface area contributed by atoms with Gasteiger partial charge in [0.05, 0.1) is 6.26 Å². The van der Waals surface area contributed by atoms with Crippen molar-refractivity contribution in [2.45, 2.75) is 32.7 Å². The molecular formula is C17H20N2O3. The van der Waals surface area contributed by atoms with Crippen LogP contribution in [0, 0.1) is 0 Å². The normalized spacial score (nSPS) is 11.7. The first-order valence-corrected chi connectivity index (χ1v) is 7.31. The molecule has 5 heteroatoms. The van der Waals surface area contributed by atoms with Gasteiger partial charge in [-0.1, -0.05) is 19.1 Å². The minimum absolute atomic E-state index is 0.188. The Bertz CT molecular complexity index is 618. The van der Waals surface area contributed by atoms with E-state index in [9.17, 15) is 9.59 Å². The van der Waals surface area contributed by atoms with Crippen LogP contribution in [0.25, 0.3) is 0 Å². The van der Waals surface area contributed by atoms with Crippen molar-refractivity contribution in [3.05, 3.63) is 54.0 Å². The first-order chi connectivity index (χ1) is 10.6. The highest BCUT2D eigenvalue weighted by Crippen LogP contribution is 2.10. The molecule has 2 aromatic rings. The van der Waals surface area contributed by atoms with Gasteiger partial charge in [0.25, 0.3) is 0 Å². The number of benzene rings is 1. The molecule has 1 unspecified atom stereocenters. The molecule has 0 saturated heterocycles. The summed E-state index contributed by atoms with van der Waals surface area (Å²) >= 11 is 0. The van der Waals surface area contributed by atoms with Crippen LogP contribution >= 0.6 is 0 Å². The fourth-order valence-electron chi connectivity index (χ4n) is 2.08. The molecule has 5 nitrogen and oxygen atoms in total. The van der Waals surface area contributed by atoms with Gasteiger partial charge in [0, 0.05) is 18.2 Å². The number of hydrogen-bond donors (Lipinski definition) is 2. The van der Waals surface area contributed by atoms with Crippen LogP contribution in [-0.4, -0.2) is 17.9 Å². The SMILES string of the molecule is CCc1ccc(NC(=O)C(=O)NC(C)Cc2ccco2)cc1. The number of aryl methyl sites for hydroxylation is 1. The van der Waals surface area contributed by atoms with E-state index >= 15 is 0 Å². The van der Waals surface area contributed by atoms with Crippen LogP contribution in [0.15, 0.2) is 47.1 Å². The lowest BCUT2D eigenvalue weighted by molar-refractivity contribution is -0.136. The van der Waals surface area contributed by atoms with Crippen molar-refractivity contribution >= 4 is 17.5 Å². The molecule has 0 spiro atoms. The molecule has 2 rings (SSSR count). The standard InChI is InChI=1S/C17H20N2O3/c1-3-13-6-8-14(9-7-13)19-17(21)16(20)18-12(2)11-15-5-4-10-22-15/h4-10,12H,3,11H2,1-2H3,(H,18,20)(H,19,21). The van der Waals surface area contributed by atoms with Crippen molar-refractivity contribution in [2.24, 2.45) is 0 Å². The molecule has 2 N–H and O–H groups in total. The van der Waals surface area contributed by atoms with Crippen LogP contribution < -0.4 is 10.6 Å². The van der Waals surface area contributed by atoms with Gasteiger partial charge in [0.15, 0.2) is 0 Å². The number of anilines is 1. The van der Waals surface area contributed by atoms with E-state index in [0.29, 0.717) is 12.1 Å². The summed E-state index contributed by atoms with van der Waals surface area (Å²) in [6, 6.07) is 10.9. The number of hydrogen-bond acceptors (Lipinski definition) is 3. The number of carbonyl (C=O) groups excluding carboxylic acids is 2. The van der Waals surface area contributed by atoms with Crippen molar-refractivity contribution in [2.75, 3.05) is 5.32 Å². The number of nitrogens with one attached hydrogen (secondary N) is 2. The summed E-state index contributed by atoms with van der Waals surface area (Å²) < 4.78 is 5.21. The van der Waals surface area contributed by atoms with Gasteiger partial charge in [-0.15, -0.1) is 0 Å². The third-order valence-corrected chi connectivity index (χ3v) is 3.29. The molecule has 1 heterocycles. The Labute approximate surface area is 129 Å². The zero-order valence-electron chi connectivity index (χ0n) is 12.8. The second-order valence-corrected chi connectivity index (χ2v) is 5.16. The van der Waals surface area contributed by atoms with Crippen LogP contribution in [0.3, 0.4) is 0 Å². The van der Waals surface area contributed by atoms with E-state index in [1.165, 1.54) is 5.56 Å². The molecule has 0 aliphatic rings. The maximum atomic E-state index is 11.9. The van der Waals surface area contributed by atoms with Gasteiger partial charge >= 0.3 is 11.8 Å². The Morgan fingerprint density at radius 3 is 2.45 bits per heavy atom. The van der Waals surface area contributed by atoms with E-state index in [4.69, 9.17) is 4.42 Å². The van der Waals surface area contributed by atoms with E-state index in [1.54, 1.807) is 24.5 Å². The molecule has 22 heavy (non-hydrogen) atoms. The van der Waals surface area contributed by atoms with Crippen LogP contribution in [0.4, 0.5) is 5.69 Å². The fraction of sp³-hybridized carbons (Fsp3) is 0.294. The molecule has 1 aromatic heterocycles. The molecule has 0 radical (unpaired) electrons. The third kappa shape index (κ3) is 4.48. The minimum Gasteiger partial charge on any atom is -0.469 e. The Balaban J connectivity index is 1.84. The summed E-state index contributed by atoms with van der Waals surface area (Å²) in [4.78, 5) is 23.7. The van der Waals surface area contributed by atoms with E-state index < -0.39 is 11.8 Å². The van der Waals surface area contributed by atoms with Crippen molar-refractivity contribution in [1.82, 2.24) is 5.32 Å². The van der Waals surface area contributed by atoms with Crippen LogP contribution in [0.1, 0.15) is 25.2 Å². The largest absolute Gasteiger partial charge is 0.469 e. The predicted molar refractivity (Wildman–Crippen MR) is 84.5 cm³/mol. The van der Waals surface area contributed by atoms with Gasteiger partial charge in [-0.25, -0.2) is 0 Å². The summed E-state index contributed by atoms with van der Waals surface area (Å²) in [7, 11) is 0. The Kier molecular flexibility index (Phi) is 5.36. The molecule has 0 saturated carbocycles. The Morgan fingerprint density at radius 2 is 1.86 bits per heavy atom. The van der Waals surface area contributed by atoms with E-state index in [2.05, 4.69) is 17.6 Å². The van der Waals surface area contributed by atoms with Gasteiger partial charge in [-0.3, -0.25) is 9.59 Å². The van der Waals surface area contributed by atoms with Crippen LogP contribution in [0.2, 0.25) is 0 Å². The van der Waals surface area contributed by atoms with Crippen molar-refractivity contribution in [1.29, 1.82) is 0 Å². The summed E-state index contributed by atoms with van der Waals surface area (Å²) in [5, 5.41) is 5.23. The molecule has 0 aliphatic heterocycles. The van der Waals surface area contributed by atoms with E-state index in [1.807, 2.05) is 25.1 Å². The second kappa shape index (κ2) is 7.45. The van der Waals surface area contributed by atoms with Crippen molar-refractivity contribution in [3.63, 3.8) is 0 Å². The topological polar surface area (TPSA) is 71.3 Å². The van der Waals surface area contributed by atoms with Crippen LogP contribution in [-0.2, 0) is 22.4 Å². The first-order valence-electron chi connectivity index (χ1n) is 7.31. The Morgan fingerprint density at radius 1 is 1.14 bits per heavy atom. The van der Waals surface area contributed by atoms with E-state index in [-0.39, 0.29) is 6.04 Å². The lowest BCUT2D eigenvalue weighted by Crippen LogP contribution is -2.41. The molecule has 0 aliphatic carbocycles. The monoisotopic (exact) mass is 300 g/mol. The van der Waals surface area contributed by atoms with Crippen molar-refractivity contribution < 1.29 is 14.0 Å². The number of carbonyl (C=O) groups is 2. The van der Waals surface area contributed by atoms with Crippen molar-refractivity contribution in [3.8, 4) is 0 Å². The van der Waals surface area contributed by atoms with Gasteiger partial charge in [-0.2, -0.15) is 0 Å². The van der Waals surface area contributed by atoms with Gasteiger partial charge in [-0.05, 0) is 43.2 Å². The maximum absolute atomic E-state index is 11.9. The molecule has 1 aromatic carbocycles. The molecule has 1 atom stereocenters. The number of rotatable bonds is 5. The molecule has 2 amide bonds. The quantitative estimate of drug-likeness (QED) is 0.834. The van der Waals surface area contributed by atoms with Gasteiger partial charge < -0.3 is 15.1 Å². The lowest BCUT2D eigenvalue weighted by atomic mass is 10.1. The van der Waals surface area contributed by atoms with E-state index in [0.717, 1.165) is 12.2 Å². The number of amides is 2. The number of furan rings is 1. The molecular weight excluding hydrogens is 280 g/mol. The predicted octanol–water partition coefficient (Wildman–Crippen LogP) is 2.53. The van der Waals surface area contributed by atoms with Gasteiger partial charge in [0.2, 0.25) is 0 Å². The fourth-order valence-corrected chi connectivity index (χ4v) is 2.08. The minimum atomic E-state index is -0.671. The summed E-state index contributed by atoms with van der Waals surface area (Å²) in [5.74, 6) is -0.558.